The van der Waals surface area contributed by atoms with E-state index in [1.54, 1.807) is 41.3 Å². The maximum Gasteiger partial charge on any atom is 0.229 e. The zero-order valence-electron chi connectivity index (χ0n) is 15.9. The van der Waals surface area contributed by atoms with Crippen molar-refractivity contribution in [3.63, 3.8) is 0 Å². The van der Waals surface area contributed by atoms with Gasteiger partial charge in [0.2, 0.25) is 17.6 Å². The van der Waals surface area contributed by atoms with Crippen molar-refractivity contribution in [3.05, 3.63) is 42.5 Å². The van der Waals surface area contributed by atoms with Crippen LogP contribution in [0.5, 0.6) is 11.5 Å². The number of carbonyl (C=O) groups excluding carboxylic acids is 2. The van der Waals surface area contributed by atoms with E-state index in [2.05, 4.69) is 25.9 Å². The predicted octanol–water partition coefficient (Wildman–Crippen LogP) is 1.63. The maximum absolute atomic E-state index is 12.8. The Balaban J connectivity index is 1.29. The molecule has 0 radical (unpaired) electrons. The molecule has 0 aliphatic carbocycles. The Morgan fingerprint density at radius 1 is 1.13 bits per heavy atom. The van der Waals surface area contributed by atoms with Gasteiger partial charge in [-0.25, -0.2) is 0 Å². The summed E-state index contributed by atoms with van der Waals surface area (Å²) in [7, 11) is 0. The van der Waals surface area contributed by atoms with Crippen molar-refractivity contribution in [3.8, 4) is 22.9 Å². The lowest BCUT2D eigenvalue weighted by atomic mass is 10.1. The first-order valence-corrected chi connectivity index (χ1v) is 9.52. The summed E-state index contributed by atoms with van der Waals surface area (Å²) >= 11 is 0. The number of rotatable bonds is 4. The first-order chi connectivity index (χ1) is 14.7. The molecule has 2 N–H and O–H groups in total. The van der Waals surface area contributed by atoms with Gasteiger partial charge in [-0.15, -0.1) is 10.2 Å². The van der Waals surface area contributed by atoms with Gasteiger partial charge in [-0.05, 0) is 29.5 Å². The van der Waals surface area contributed by atoms with Crippen LogP contribution in [0.1, 0.15) is 6.42 Å². The molecular formula is C20H18N6O4. The molecule has 2 aliphatic heterocycles. The van der Waals surface area contributed by atoms with Crippen LogP contribution in [0, 0.1) is 5.92 Å². The Labute approximate surface area is 171 Å². The number of hydrogen-bond acceptors (Lipinski definition) is 7. The minimum absolute atomic E-state index is 0.104. The molecule has 1 fully saturated rings. The highest BCUT2D eigenvalue weighted by atomic mass is 16.6. The normalized spacial score (nSPS) is 17.8. The zero-order valence-corrected chi connectivity index (χ0v) is 15.9. The van der Waals surface area contributed by atoms with Gasteiger partial charge in [0.05, 0.1) is 5.92 Å². The number of tetrazole rings is 1. The number of carbonyl (C=O) groups is 2. The Morgan fingerprint density at radius 3 is 2.83 bits per heavy atom. The van der Waals surface area contributed by atoms with Gasteiger partial charge in [-0.2, -0.15) is 5.21 Å². The molecule has 2 amide bonds. The lowest BCUT2D eigenvalue weighted by Crippen LogP contribution is -2.28. The van der Waals surface area contributed by atoms with Crippen LogP contribution in [0.3, 0.4) is 0 Å². The zero-order chi connectivity index (χ0) is 20.5. The number of hydrogen-bond donors (Lipinski definition) is 2. The molecule has 1 atom stereocenters. The smallest absolute Gasteiger partial charge is 0.229 e. The van der Waals surface area contributed by atoms with Crippen molar-refractivity contribution < 1.29 is 19.1 Å². The molecule has 0 unspecified atom stereocenters. The summed E-state index contributed by atoms with van der Waals surface area (Å²) in [5, 5.41) is 16.7. The molecule has 10 heteroatoms. The van der Waals surface area contributed by atoms with Gasteiger partial charge in [0.25, 0.3) is 0 Å². The fourth-order valence-corrected chi connectivity index (χ4v) is 3.60. The van der Waals surface area contributed by atoms with Crippen LogP contribution in [-0.4, -0.2) is 52.2 Å². The van der Waals surface area contributed by atoms with E-state index in [0.717, 1.165) is 5.56 Å². The number of ether oxygens (including phenoxy) is 2. The highest BCUT2D eigenvalue weighted by Crippen LogP contribution is 2.36. The molecule has 3 heterocycles. The van der Waals surface area contributed by atoms with Gasteiger partial charge in [0, 0.05) is 36.0 Å². The number of aromatic amines is 1. The van der Waals surface area contributed by atoms with Crippen molar-refractivity contribution in [2.45, 2.75) is 6.42 Å². The summed E-state index contributed by atoms with van der Waals surface area (Å²) in [6.07, 6.45) is 0.144. The molecule has 2 aromatic carbocycles. The van der Waals surface area contributed by atoms with Crippen molar-refractivity contribution in [1.82, 2.24) is 20.6 Å². The maximum atomic E-state index is 12.8. The van der Waals surface area contributed by atoms with Gasteiger partial charge >= 0.3 is 0 Å². The molecule has 0 spiro atoms. The van der Waals surface area contributed by atoms with Gasteiger partial charge in [0.1, 0.15) is 13.2 Å². The van der Waals surface area contributed by atoms with E-state index in [0.29, 0.717) is 48.5 Å². The molecular weight excluding hydrogens is 388 g/mol. The third-order valence-corrected chi connectivity index (χ3v) is 5.07. The van der Waals surface area contributed by atoms with E-state index in [4.69, 9.17) is 9.47 Å². The van der Waals surface area contributed by atoms with E-state index in [1.807, 2.05) is 6.07 Å². The van der Waals surface area contributed by atoms with Gasteiger partial charge in [-0.3, -0.25) is 9.59 Å². The fraction of sp³-hybridized carbons (Fsp3) is 0.250. The average Bonchev–Trinajstić information content (AvgIpc) is 3.44. The number of nitrogens with zero attached hydrogens (tertiary/aromatic N) is 4. The van der Waals surface area contributed by atoms with E-state index in [1.165, 1.54) is 0 Å². The van der Waals surface area contributed by atoms with Crippen LogP contribution in [0.2, 0.25) is 0 Å². The molecule has 0 saturated carbocycles. The minimum atomic E-state index is -0.459. The molecule has 0 bridgehead atoms. The molecule has 1 aromatic heterocycles. The number of amides is 2. The van der Waals surface area contributed by atoms with E-state index in [-0.39, 0.29) is 18.2 Å². The number of benzene rings is 2. The summed E-state index contributed by atoms with van der Waals surface area (Å²) in [6, 6.07) is 12.5. The fourth-order valence-electron chi connectivity index (χ4n) is 3.60. The number of H-pyrrole nitrogens is 1. The predicted molar refractivity (Wildman–Crippen MR) is 106 cm³/mol. The number of nitrogens with one attached hydrogen (secondary N) is 2. The van der Waals surface area contributed by atoms with Gasteiger partial charge in [0.15, 0.2) is 11.5 Å². The summed E-state index contributed by atoms with van der Waals surface area (Å²) in [5.41, 5.74) is 2.02. The average molecular weight is 406 g/mol. The lowest BCUT2D eigenvalue weighted by molar-refractivity contribution is -0.122. The van der Waals surface area contributed by atoms with Crippen LogP contribution >= 0.6 is 0 Å². The lowest BCUT2D eigenvalue weighted by Gasteiger charge is -2.22. The van der Waals surface area contributed by atoms with Crippen LogP contribution in [-0.2, 0) is 9.59 Å². The van der Waals surface area contributed by atoms with Gasteiger partial charge in [-0.1, -0.05) is 12.1 Å². The molecule has 152 valence electrons. The highest BCUT2D eigenvalue weighted by molar-refractivity contribution is 6.03. The third kappa shape index (κ3) is 3.43. The highest BCUT2D eigenvalue weighted by Gasteiger charge is 2.35. The standard InChI is InChI=1S/C20H18N6O4/c27-18-9-13(11-26(18)15-4-5-16-17(10-15)30-7-6-29-16)20(28)21-14-3-1-2-12(8-14)19-22-24-25-23-19/h1-5,8,10,13H,6-7,9,11H2,(H,21,28)(H,22,23,24,25)/t13-/m1/s1. The van der Waals surface area contributed by atoms with E-state index in [9.17, 15) is 9.59 Å². The first kappa shape index (κ1) is 18.1. The van der Waals surface area contributed by atoms with Crippen LogP contribution < -0.4 is 19.7 Å². The minimum Gasteiger partial charge on any atom is -0.486 e. The van der Waals surface area contributed by atoms with E-state index >= 15 is 0 Å². The van der Waals surface area contributed by atoms with Crippen LogP contribution in [0.15, 0.2) is 42.5 Å². The molecule has 30 heavy (non-hydrogen) atoms. The van der Waals surface area contributed by atoms with Crippen molar-refractivity contribution in [1.29, 1.82) is 0 Å². The van der Waals surface area contributed by atoms with Crippen LogP contribution in [0.4, 0.5) is 11.4 Å². The molecule has 1 saturated heterocycles. The summed E-state index contributed by atoms with van der Waals surface area (Å²) in [5.74, 6) is 0.928. The number of fused-ring (bicyclic) bond motifs is 1. The SMILES string of the molecule is O=C(Nc1cccc(-c2nn[nH]n2)c1)[C@@H]1CC(=O)N(c2ccc3c(c2)OCCO3)C1. The summed E-state index contributed by atoms with van der Waals surface area (Å²) < 4.78 is 11.1. The van der Waals surface area contributed by atoms with Gasteiger partial charge < -0.3 is 19.7 Å². The van der Waals surface area contributed by atoms with Crippen molar-refractivity contribution in [2.75, 3.05) is 30.0 Å². The van der Waals surface area contributed by atoms with E-state index < -0.39 is 5.92 Å². The second-order valence-electron chi connectivity index (χ2n) is 7.04. The molecule has 5 rings (SSSR count). The summed E-state index contributed by atoms with van der Waals surface area (Å²) in [4.78, 5) is 27.0. The summed E-state index contributed by atoms with van der Waals surface area (Å²) in [6.45, 7) is 1.28. The third-order valence-electron chi connectivity index (χ3n) is 5.07. The number of anilines is 2. The second-order valence-corrected chi connectivity index (χ2v) is 7.04. The van der Waals surface area contributed by atoms with Crippen LogP contribution in [0.25, 0.3) is 11.4 Å². The Kier molecular flexibility index (Phi) is 4.51. The molecule has 10 nitrogen and oxygen atoms in total. The number of aromatic nitrogens is 4. The Bertz CT molecular complexity index is 1100. The monoisotopic (exact) mass is 406 g/mol. The Hall–Kier alpha value is -3.95. The van der Waals surface area contributed by atoms with Crippen molar-refractivity contribution in [2.24, 2.45) is 5.92 Å². The first-order valence-electron chi connectivity index (χ1n) is 9.52. The molecule has 3 aromatic rings. The van der Waals surface area contributed by atoms with Crippen molar-refractivity contribution >= 4 is 23.2 Å². The Morgan fingerprint density at radius 2 is 2.00 bits per heavy atom. The quantitative estimate of drug-likeness (QED) is 0.675. The second kappa shape index (κ2) is 7.47. The topological polar surface area (TPSA) is 122 Å². The largest absolute Gasteiger partial charge is 0.486 e. The molecule has 2 aliphatic rings.